The molecule has 0 saturated heterocycles. The highest BCUT2D eigenvalue weighted by molar-refractivity contribution is 7.86. The lowest BCUT2D eigenvalue weighted by atomic mass is 10.1. The summed E-state index contributed by atoms with van der Waals surface area (Å²) >= 11 is 0. The minimum absolute atomic E-state index is 0.0735. The Morgan fingerprint density at radius 1 is 1.00 bits per heavy atom. The van der Waals surface area contributed by atoms with Crippen molar-refractivity contribution in [1.82, 2.24) is 0 Å². The molecule has 0 aliphatic heterocycles. The first-order valence-corrected chi connectivity index (χ1v) is 8.62. The first kappa shape index (κ1) is 16.9. The third kappa shape index (κ3) is 3.44. The van der Waals surface area contributed by atoms with Gasteiger partial charge >= 0.3 is 0 Å². The van der Waals surface area contributed by atoms with E-state index in [2.05, 4.69) is 10.2 Å². The summed E-state index contributed by atoms with van der Waals surface area (Å²) in [6.07, 6.45) is 0. The molecule has 0 heterocycles. The fourth-order valence-corrected chi connectivity index (χ4v) is 3.00. The molecule has 0 fully saturated rings. The number of fused-ring (bicyclic) bond motifs is 1. The van der Waals surface area contributed by atoms with E-state index in [9.17, 15) is 18.1 Å². The van der Waals surface area contributed by atoms with Crippen LogP contribution in [0.3, 0.4) is 0 Å². The lowest BCUT2D eigenvalue weighted by Crippen LogP contribution is -1.99. The average Bonchev–Trinajstić information content (AvgIpc) is 2.60. The van der Waals surface area contributed by atoms with E-state index in [1.54, 1.807) is 18.2 Å². The van der Waals surface area contributed by atoms with Crippen molar-refractivity contribution in [2.24, 2.45) is 10.2 Å². The quantitative estimate of drug-likeness (QED) is 0.536. The normalized spacial score (nSPS) is 11.9. The van der Waals surface area contributed by atoms with Gasteiger partial charge in [-0.1, -0.05) is 30.3 Å². The highest BCUT2D eigenvalue weighted by atomic mass is 32.2. The van der Waals surface area contributed by atoms with Gasteiger partial charge in [-0.25, -0.2) is 0 Å². The van der Waals surface area contributed by atoms with E-state index in [0.29, 0.717) is 5.39 Å². The zero-order valence-corrected chi connectivity index (χ0v) is 13.9. The number of hydrogen-bond acceptors (Lipinski definition) is 6. The van der Waals surface area contributed by atoms with Crippen molar-refractivity contribution in [3.05, 3.63) is 54.6 Å². The summed E-state index contributed by atoms with van der Waals surface area (Å²) in [6, 6.07) is 14.5. The van der Waals surface area contributed by atoms with Crippen LogP contribution in [-0.2, 0) is 10.1 Å². The molecule has 0 unspecified atom stereocenters. The van der Waals surface area contributed by atoms with Crippen LogP contribution in [0.25, 0.3) is 10.8 Å². The molecule has 0 aromatic heterocycles. The molecule has 0 aliphatic carbocycles. The van der Waals surface area contributed by atoms with Gasteiger partial charge in [0.1, 0.15) is 27.8 Å². The van der Waals surface area contributed by atoms with Gasteiger partial charge in [-0.05, 0) is 23.6 Å². The highest BCUT2D eigenvalue weighted by Gasteiger charge is 2.17. The Kier molecular flexibility index (Phi) is 4.39. The zero-order valence-electron chi connectivity index (χ0n) is 13.1. The van der Waals surface area contributed by atoms with Crippen LogP contribution in [0.1, 0.15) is 0 Å². The Bertz CT molecular complexity index is 1080. The third-order valence-corrected chi connectivity index (χ3v) is 4.46. The molecule has 0 amide bonds. The van der Waals surface area contributed by atoms with Crippen molar-refractivity contribution in [2.45, 2.75) is 4.90 Å². The number of aromatic hydroxyl groups is 1. The fourth-order valence-electron chi connectivity index (χ4n) is 2.36. The summed E-state index contributed by atoms with van der Waals surface area (Å²) < 4.78 is 37.5. The van der Waals surface area contributed by atoms with Crippen LogP contribution >= 0.6 is 0 Å². The molecule has 8 heteroatoms. The Balaban J connectivity index is 2.14. The van der Waals surface area contributed by atoms with Crippen LogP contribution in [0.2, 0.25) is 0 Å². The van der Waals surface area contributed by atoms with Crippen LogP contribution in [0.5, 0.6) is 11.5 Å². The minimum atomic E-state index is -4.52. The van der Waals surface area contributed by atoms with E-state index in [1.165, 1.54) is 25.3 Å². The number of nitrogens with zero attached hydrogens (tertiary/aromatic N) is 2. The van der Waals surface area contributed by atoms with E-state index in [0.717, 1.165) is 11.5 Å². The van der Waals surface area contributed by atoms with Crippen LogP contribution in [0.4, 0.5) is 11.4 Å². The van der Waals surface area contributed by atoms with E-state index in [1.807, 2.05) is 12.1 Å². The molecule has 3 aromatic carbocycles. The SMILES string of the molecule is COc1ccc(N=Nc2c(O)ccc3ccccc23)c(S(=O)(=O)O)c1. The average molecular weight is 358 g/mol. The molecule has 3 rings (SSSR count). The van der Waals surface area contributed by atoms with Gasteiger partial charge in [-0.15, -0.1) is 10.2 Å². The van der Waals surface area contributed by atoms with Crippen LogP contribution < -0.4 is 4.74 Å². The zero-order chi connectivity index (χ0) is 18.0. The summed E-state index contributed by atoms with van der Waals surface area (Å²) in [4.78, 5) is -0.435. The van der Waals surface area contributed by atoms with Gasteiger partial charge in [-0.3, -0.25) is 4.55 Å². The van der Waals surface area contributed by atoms with Gasteiger partial charge in [-0.2, -0.15) is 8.42 Å². The molecule has 0 spiro atoms. The summed E-state index contributed by atoms with van der Waals surface area (Å²) in [5.41, 5.74) is 0.130. The molecule has 3 aromatic rings. The Labute approximate surface area is 144 Å². The second-order valence-corrected chi connectivity index (χ2v) is 6.55. The molecule has 0 radical (unpaired) electrons. The van der Waals surface area contributed by atoms with Gasteiger partial charge in [0, 0.05) is 11.5 Å². The summed E-state index contributed by atoms with van der Waals surface area (Å²) in [7, 11) is -3.15. The molecular weight excluding hydrogens is 344 g/mol. The molecule has 2 N–H and O–H groups in total. The number of benzene rings is 3. The van der Waals surface area contributed by atoms with E-state index in [4.69, 9.17) is 4.74 Å². The van der Waals surface area contributed by atoms with Gasteiger partial charge in [0.25, 0.3) is 10.1 Å². The Hall–Kier alpha value is -2.97. The molecule has 25 heavy (non-hydrogen) atoms. The lowest BCUT2D eigenvalue weighted by molar-refractivity contribution is 0.412. The predicted octanol–water partition coefficient (Wildman–Crippen LogP) is 4.22. The highest BCUT2D eigenvalue weighted by Crippen LogP contribution is 2.37. The maximum absolute atomic E-state index is 11.6. The monoisotopic (exact) mass is 358 g/mol. The Morgan fingerprint density at radius 2 is 1.76 bits per heavy atom. The molecule has 0 atom stereocenters. The smallest absolute Gasteiger partial charge is 0.296 e. The van der Waals surface area contributed by atoms with E-state index in [-0.39, 0.29) is 22.9 Å². The first-order chi connectivity index (χ1) is 11.9. The number of azo groups is 1. The molecule has 0 aliphatic rings. The van der Waals surface area contributed by atoms with Crippen LogP contribution in [0.15, 0.2) is 69.7 Å². The van der Waals surface area contributed by atoms with Crippen LogP contribution in [0, 0.1) is 0 Å². The first-order valence-electron chi connectivity index (χ1n) is 7.18. The van der Waals surface area contributed by atoms with Gasteiger partial charge in [0.05, 0.1) is 7.11 Å². The maximum atomic E-state index is 11.6. The van der Waals surface area contributed by atoms with Gasteiger partial charge in [0.2, 0.25) is 0 Å². The second kappa shape index (κ2) is 6.50. The summed E-state index contributed by atoms with van der Waals surface area (Å²) in [5, 5.41) is 19.5. The number of methoxy groups -OCH3 is 1. The second-order valence-electron chi connectivity index (χ2n) is 5.16. The van der Waals surface area contributed by atoms with Crippen molar-refractivity contribution in [2.75, 3.05) is 7.11 Å². The van der Waals surface area contributed by atoms with Gasteiger partial charge < -0.3 is 9.84 Å². The summed E-state index contributed by atoms with van der Waals surface area (Å²) in [5.74, 6) is 0.156. The molecular formula is C17H14N2O5S. The molecule has 0 bridgehead atoms. The van der Waals surface area contributed by atoms with E-state index < -0.39 is 15.0 Å². The minimum Gasteiger partial charge on any atom is -0.506 e. The number of rotatable bonds is 4. The van der Waals surface area contributed by atoms with Crippen molar-refractivity contribution >= 4 is 32.3 Å². The number of phenols is 1. The lowest BCUT2D eigenvalue weighted by Gasteiger charge is -2.06. The fraction of sp³-hybridized carbons (Fsp3) is 0.0588. The third-order valence-electron chi connectivity index (χ3n) is 3.58. The number of hydrogen-bond donors (Lipinski definition) is 2. The molecule has 7 nitrogen and oxygen atoms in total. The van der Waals surface area contributed by atoms with E-state index >= 15 is 0 Å². The number of ether oxygens (including phenoxy) is 1. The number of phenolic OH excluding ortho intramolecular Hbond substituents is 1. The van der Waals surface area contributed by atoms with Crippen molar-refractivity contribution in [3.8, 4) is 11.5 Å². The van der Waals surface area contributed by atoms with Gasteiger partial charge in [0.15, 0.2) is 0 Å². The van der Waals surface area contributed by atoms with Crippen molar-refractivity contribution < 1.29 is 22.8 Å². The summed E-state index contributed by atoms with van der Waals surface area (Å²) in [6.45, 7) is 0. The Morgan fingerprint density at radius 3 is 2.48 bits per heavy atom. The predicted molar refractivity (Wildman–Crippen MR) is 92.6 cm³/mol. The standard InChI is InChI=1S/C17H14N2O5S/c1-24-12-7-8-14(16(10-12)25(21,22)23)18-19-17-13-5-3-2-4-11(13)6-9-15(17)20/h2-10,20H,1H3,(H,21,22,23). The molecule has 128 valence electrons. The topological polar surface area (TPSA) is 109 Å². The van der Waals surface area contributed by atoms with Crippen molar-refractivity contribution in [1.29, 1.82) is 0 Å². The largest absolute Gasteiger partial charge is 0.506 e. The maximum Gasteiger partial charge on any atom is 0.296 e. The van der Waals surface area contributed by atoms with Crippen LogP contribution in [-0.4, -0.2) is 25.2 Å². The molecule has 0 saturated carbocycles. The van der Waals surface area contributed by atoms with Crippen molar-refractivity contribution in [3.63, 3.8) is 0 Å².